The molecule has 1 fully saturated rings. The highest BCUT2D eigenvalue weighted by Gasteiger charge is 2.31. The summed E-state index contributed by atoms with van der Waals surface area (Å²) >= 11 is 0. The van der Waals surface area contributed by atoms with E-state index in [0.717, 1.165) is 18.2 Å². The zero-order chi connectivity index (χ0) is 13.3. The second kappa shape index (κ2) is 5.11. The Kier molecular flexibility index (Phi) is 3.72. The van der Waals surface area contributed by atoms with Gasteiger partial charge in [0.25, 0.3) is 0 Å². The molecule has 18 heavy (non-hydrogen) atoms. The number of carboxylic acid groups (broad SMARTS) is 1. The average Bonchev–Trinajstić information content (AvgIpc) is 2.26. The van der Waals surface area contributed by atoms with Crippen LogP contribution < -0.4 is 5.32 Å². The van der Waals surface area contributed by atoms with Crippen LogP contribution in [0.2, 0.25) is 0 Å². The molecule has 0 amide bonds. The van der Waals surface area contributed by atoms with Crippen molar-refractivity contribution >= 4 is 16.8 Å². The van der Waals surface area contributed by atoms with Gasteiger partial charge in [0.05, 0.1) is 0 Å². The Morgan fingerprint density at radius 3 is 2.44 bits per heavy atom. The summed E-state index contributed by atoms with van der Waals surface area (Å²) in [6.07, 6.45) is 0. The van der Waals surface area contributed by atoms with Crippen LogP contribution in [0.5, 0.6) is 0 Å². The van der Waals surface area contributed by atoms with E-state index in [4.69, 9.17) is 5.11 Å². The Morgan fingerprint density at radius 1 is 1.28 bits per heavy atom. The first kappa shape index (κ1) is 13.1. The molecule has 3 atom stereocenters. The van der Waals surface area contributed by atoms with Crippen LogP contribution in [0.1, 0.15) is 11.6 Å². The summed E-state index contributed by atoms with van der Waals surface area (Å²) in [5.74, 6) is -2.45. The van der Waals surface area contributed by atoms with Gasteiger partial charge in [-0.3, -0.25) is 14.3 Å². The monoisotopic (exact) mass is 275 g/mol. The summed E-state index contributed by atoms with van der Waals surface area (Å²) in [6, 6.07) is 1.38. The maximum Gasteiger partial charge on any atom is 0.321 e. The molecule has 0 bridgehead atoms. The molecule has 4 nitrogen and oxygen atoms in total. The van der Waals surface area contributed by atoms with Gasteiger partial charge in [-0.15, -0.1) is 0 Å². The van der Waals surface area contributed by atoms with E-state index in [2.05, 4.69) is 5.32 Å². The number of hydrogen-bond acceptors (Lipinski definition) is 3. The molecule has 1 heterocycles. The van der Waals surface area contributed by atoms with Crippen LogP contribution in [0.15, 0.2) is 18.2 Å². The standard InChI is InChI=1S/C11H11F2NO3S/c12-7-1-6(2-8(13)3-7)9-4-18(17)5-10(14-9)11(15)16/h1-3,9-10,14H,4-5H2,(H,15,16). The van der Waals surface area contributed by atoms with Crippen LogP contribution in [0.4, 0.5) is 8.78 Å². The van der Waals surface area contributed by atoms with E-state index in [1.54, 1.807) is 0 Å². The van der Waals surface area contributed by atoms with Gasteiger partial charge in [-0.05, 0) is 17.7 Å². The van der Waals surface area contributed by atoms with Crippen molar-refractivity contribution in [2.24, 2.45) is 0 Å². The largest absolute Gasteiger partial charge is 0.480 e. The lowest BCUT2D eigenvalue weighted by atomic mass is 10.1. The van der Waals surface area contributed by atoms with Gasteiger partial charge in [0.15, 0.2) is 0 Å². The third-order valence-electron chi connectivity index (χ3n) is 2.69. The van der Waals surface area contributed by atoms with Crippen LogP contribution in [0, 0.1) is 11.6 Å². The number of aliphatic carboxylic acids is 1. The van der Waals surface area contributed by atoms with Gasteiger partial charge in [-0.2, -0.15) is 0 Å². The Hall–Kier alpha value is -1.34. The summed E-state index contributed by atoms with van der Waals surface area (Å²) in [5.41, 5.74) is 0.270. The number of carboxylic acids is 1. The molecule has 1 aliphatic heterocycles. The van der Waals surface area contributed by atoms with Crippen molar-refractivity contribution in [3.05, 3.63) is 35.4 Å². The van der Waals surface area contributed by atoms with E-state index in [1.165, 1.54) is 0 Å². The Bertz CT molecular complexity index is 489. The molecule has 0 aromatic heterocycles. The zero-order valence-corrected chi connectivity index (χ0v) is 10.0. The summed E-state index contributed by atoms with van der Waals surface area (Å²) in [7, 11) is -1.32. The minimum absolute atomic E-state index is 0.00360. The molecule has 1 aromatic rings. The molecule has 2 N–H and O–H groups in total. The van der Waals surface area contributed by atoms with E-state index < -0.39 is 40.5 Å². The van der Waals surface area contributed by atoms with E-state index in [9.17, 15) is 17.8 Å². The second-order valence-corrected chi connectivity index (χ2v) is 5.63. The predicted molar refractivity (Wildman–Crippen MR) is 61.5 cm³/mol. The summed E-state index contributed by atoms with van der Waals surface area (Å²) in [6.45, 7) is 0. The highest BCUT2D eigenvalue weighted by atomic mass is 32.2. The topological polar surface area (TPSA) is 66.4 Å². The first-order chi connectivity index (χ1) is 8.45. The molecule has 2 rings (SSSR count). The first-order valence-corrected chi connectivity index (χ1v) is 6.74. The normalized spacial score (nSPS) is 28.0. The van der Waals surface area contributed by atoms with Gasteiger partial charge in [0.2, 0.25) is 0 Å². The lowest BCUT2D eigenvalue weighted by molar-refractivity contribution is -0.139. The van der Waals surface area contributed by atoms with Crippen LogP contribution >= 0.6 is 0 Å². The van der Waals surface area contributed by atoms with Crippen molar-refractivity contribution in [1.29, 1.82) is 0 Å². The van der Waals surface area contributed by atoms with Gasteiger partial charge in [0.1, 0.15) is 17.7 Å². The molecular weight excluding hydrogens is 264 g/mol. The van der Waals surface area contributed by atoms with Gasteiger partial charge in [0, 0.05) is 34.4 Å². The molecule has 1 aromatic carbocycles. The maximum absolute atomic E-state index is 13.1. The fourth-order valence-electron chi connectivity index (χ4n) is 1.89. The molecule has 1 aliphatic rings. The smallest absolute Gasteiger partial charge is 0.321 e. The number of hydrogen-bond donors (Lipinski definition) is 2. The molecule has 0 aliphatic carbocycles. The molecule has 1 saturated heterocycles. The fraction of sp³-hybridized carbons (Fsp3) is 0.364. The Morgan fingerprint density at radius 2 is 1.89 bits per heavy atom. The third-order valence-corrected chi connectivity index (χ3v) is 4.10. The second-order valence-electron chi connectivity index (χ2n) is 4.09. The van der Waals surface area contributed by atoms with Crippen LogP contribution in [0.3, 0.4) is 0 Å². The highest BCUT2D eigenvalue weighted by Crippen LogP contribution is 2.21. The van der Waals surface area contributed by atoms with Crippen molar-refractivity contribution in [2.75, 3.05) is 11.5 Å². The maximum atomic E-state index is 13.1. The minimum Gasteiger partial charge on any atom is -0.480 e. The van der Waals surface area contributed by atoms with Crippen LogP contribution in [-0.2, 0) is 15.6 Å². The van der Waals surface area contributed by atoms with Gasteiger partial charge >= 0.3 is 5.97 Å². The molecular formula is C11H11F2NO3S. The van der Waals surface area contributed by atoms with E-state index in [-0.39, 0.29) is 17.1 Å². The quantitative estimate of drug-likeness (QED) is 0.838. The van der Waals surface area contributed by atoms with Gasteiger partial charge in [-0.25, -0.2) is 8.78 Å². The fourth-order valence-corrected chi connectivity index (χ4v) is 3.30. The van der Waals surface area contributed by atoms with Crippen molar-refractivity contribution in [3.8, 4) is 0 Å². The summed E-state index contributed by atoms with van der Waals surface area (Å²) in [4.78, 5) is 10.9. The van der Waals surface area contributed by atoms with E-state index in [0.29, 0.717) is 0 Å². The summed E-state index contributed by atoms with van der Waals surface area (Å²) in [5, 5.41) is 11.6. The lowest BCUT2D eigenvalue weighted by Crippen LogP contribution is -2.49. The van der Waals surface area contributed by atoms with Crippen LogP contribution in [-0.4, -0.2) is 32.8 Å². The molecule has 7 heteroatoms. The molecule has 0 saturated carbocycles. The SMILES string of the molecule is O=C(O)C1CS(=O)CC(c2cc(F)cc(F)c2)N1. The minimum atomic E-state index is -1.32. The lowest BCUT2D eigenvalue weighted by Gasteiger charge is -2.28. The van der Waals surface area contributed by atoms with Crippen molar-refractivity contribution in [2.45, 2.75) is 12.1 Å². The van der Waals surface area contributed by atoms with Gasteiger partial charge < -0.3 is 5.11 Å². The Labute approximate surface area is 104 Å². The van der Waals surface area contributed by atoms with Gasteiger partial charge in [-0.1, -0.05) is 0 Å². The number of benzene rings is 1. The van der Waals surface area contributed by atoms with Crippen molar-refractivity contribution in [3.63, 3.8) is 0 Å². The number of carbonyl (C=O) groups is 1. The van der Waals surface area contributed by atoms with E-state index >= 15 is 0 Å². The third kappa shape index (κ3) is 2.91. The average molecular weight is 275 g/mol. The van der Waals surface area contributed by atoms with Crippen molar-refractivity contribution in [1.82, 2.24) is 5.32 Å². The Balaban J connectivity index is 2.26. The highest BCUT2D eigenvalue weighted by molar-refractivity contribution is 7.85. The first-order valence-electron chi connectivity index (χ1n) is 5.25. The molecule has 3 unspecified atom stereocenters. The van der Waals surface area contributed by atoms with E-state index in [1.807, 2.05) is 0 Å². The predicted octanol–water partition coefficient (Wildman–Crippen LogP) is 0.811. The molecule has 98 valence electrons. The number of rotatable bonds is 2. The zero-order valence-electron chi connectivity index (χ0n) is 9.23. The summed E-state index contributed by atoms with van der Waals surface area (Å²) < 4.78 is 37.7. The number of halogens is 2. The van der Waals surface area contributed by atoms with Crippen LogP contribution in [0.25, 0.3) is 0 Å². The van der Waals surface area contributed by atoms with Crippen molar-refractivity contribution < 1.29 is 22.9 Å². The number of nitrogens with one attached hydrogen (secondary N) is 1. The molecule has 0 radical (unpaired) electrons. The molecule has 0 spiro atoms.